The molecule has 0 bridgehead atoms. The number of benzene rings is 2. The highest BCUT2D eigenvalue weighted by Crippen LogP contribution is 2.38. The predicted octanol–water partition coefficient (Wildman–Crippen LogP) is 4.26. The summed E-state index contributed by atoms with van der Waals surface area (Å²) in [5.41, 5.74) is 1.55. The molecule has 2 aromatic carbocycles. The largest absolute Gasteiger partial charge is 0.395 e. The molecule has 194 valence electrons. The van der Waals surface area contributed by atoms with Gasteiger partial charge in [0.25, 0.3) is 11.8 Å². The zero-order valence-corrected chi connectivity index (χ0v) is 20.7. The topological polar surface area (TPSA) is 47.1 Å². The van der Waals surface area contributed by atoms with Gasteiger partial charge in [-0.2, -0.15) is 17.6 Å². The highest BCUT2D eigenvalue weighted by Gasteiger charge is 2.68. The third kappa shape index (κ3) is 5.20. The van der Waals surface area contributed by atoms with E-state index in [-0.39, 0.29) is 52.4 Å². The van der Waals surface area contributed by atoms with Gasteiger partial charge in [-0.15, -0.1) is 0 Å². The summed E-state index contributed by atoms with van der Waals surface area (Å²) < 4.78 is 59.2. The van der Waals surface area contributed by atoms with Crippen molar-refractivity contribution in [1.82, 2.24) is 9.80 Å². The zero-order valence-electron chi connectivity index (χ0n) is 19.1. The lowest BCUT2D eigenvalue weighted by Crippen LogP contribution is -2.64. The molecule has 2 fully saturated rings. The molecule has 4 rings (SSSR count). The van der Waals surface area contributed by atoms with Gasteiger partial charge in [-0.05, 0) is 48.5 Å². The van der Waals surface area contributed by atoms with E-state index in [0.717, 1.165) is 11.4 Å². The number of amides is 2. The van der Waals surface area contributed by atoms with Crippen LogP contribution in [0.1, 0.15) is 0 Å². The maximum absolute atomic E-state index is 14.8. The first-order valence-corrected chi connectivity index (χ1v) is 12.1. The van der Waals surface area contributed by atoms with Gasteiger partial charge in [0.15, 0.2) is 0 Å². The molecular weight excluding hydrogens is 523 g/mol. The van der Waals surface area contributed by atoms with Gasteiger partial charge in [-0.25, -0.2) is 0 Å². The van der Waals surface area contributed by atoms with Crippen molar-refractivity contribution in [3.05, 3.63) is 58.6 Å². The Balaban J connectivity index is 1.36. The third-order valence-electron chi connectivity index (χ3n) is 6.45. The molecule has 0 radical (unpaired) electrons. The summed E-state index contributed by atoms with van der Waals surface area (Å²) in [6.07, 6.45) is 0. The smallest absolute Gasteiger partial charge is 0.368 e. The Kier molecular flexibility index (Phi) is 7.56. The molecule has 0 saturated carbocycles. The quantitative estimate of drug-likeness (QED) is 0.526. The number of hydrogen-bond acceptors (Lipinski definition) is 4. The van der Waals surface area contributed by atoms with Gasteiger partial charge in [0, 0.05) is 73.8 Å². The molecule has 2 aromatic rings. The molecule has 0 aromatic heterocycles. The van der Waals surface area contributed by atoms with E-state index in [1.165, 1.54) is 0 Å². The maximum Gasteiger partial charge on any atom is 0.395 e. The lowest BCUT2D eigenvalue weighted by Gasteiger charge is -2.40. The Labute approximate surface area is 215 Å². The highest BCUT2D eigenvalue weighted by molar-refractivity contribution is 6.30. The van der Waals surface area contributed by atoms with Crippen LogP contribution in [0, 0.1) is 0 Å². The molecule has 2 amide bonds. The second-order valence-corrected chi connectivity index (χ2v) is 9.53. The van der Waals surface area contributed by atoms with Crippen LogP contribution >= 0.6 is 23.2 Å². The molecular formula is C24H24Cl2F4N4O2. The van der Waals surface area contributed by atoms with Crippen LogP contribution in [-0.4, -0.2) is 85.8 Å². The summed E-state index contributed by atoms with van der Waals surface area (Å²) in [7, 11) is 0. The van der Waals surface area contributed by atoms with Gasteiger partial charge in [0.1, 0.15) is 0 Å². The average molecular weight is 547 g/mol. The van der Waals surface area contributed by atoms with Crippen molar-refractivity contribution in [2.75, 3.05) is 62.2 Å². The minimum Gasteiger partial charge on any atom is -0.368 e. The van der Waals surface area contributed by atoms with Crippen LogP contribution < -0.4 is 9.80 Å². The number of halogens is 6. The van der Waals surface area contributed by atoms with Crippen molar-refractivity contribution in [3.63, 3.8) is 0 Å². The number of piperazine rings is 2. The second kappa shape index (κ2) is 10.3. The maximum atomic E-state index is 14.8. The van der Waals surface area contributed by atoms with Gasteiger partial charge in [0.05, 0.1) is 0 Å². The van der Waals surface area contributed by atoms with Crippen LogP contribution in [0.15, 0.2) is 48.5 Å². The molecule has 0 atom stereocenters. The molecule has 2 aliphatic rings. The Morgan fingerprint density at radius 3 is 1.11 bits per heavy atom. The van der Waals surface area contributed by atoms with Crippen LogP contribution in [0.4, 0.5) is 28.9 Å². The lowest BCUT2D eigenvalue weighted by molar-refractivity contribution is -0.223. The molecule has 12 heteroatoms. The van der Waals surface area contributed by atoms with Gasteiger partial charge >= 0.3 is 11.8 Å². The van der Waals surface area contributed by atoms with E-state index in [0.29, 0.717) is 19.8 Å². The molecule has 0 aliphatic carbocycles. The first-order chi connectivity index (χ1) is 17.0. The Morgan fingerprint density at radius 2 is 0.833 bits per heavy atom. The fourth-order valence-electron chi connectivity index (χ4n) is 4.31. The third-order valence-corrected chi connectivity index (χ3v) is 6.95. The van der Waals surface area contributed by atoms with Crippen molar-refractivity contribution in [1.29, 1.82) is 0 Å². The summed E-state index contributed by atoms with van der Waals surface area (Å²) in [4.78, 5) is 30.0. The number of carbonyl (C=O) groups excluding carboxylic acids is 2. The Bertz CT molecular complexity index is 999. The first kappa shape index (κ1) is 26.3. The van der Waals surface area contributed by atoms with Gasteiger partial charge < -0.3 is 19.6 Å². The van der Waals surface area contributed by atoms with Crippen LogP contribution in [0.5, 0.6) is 0 Å². The number of hydrogen-bond donors (Lipinski definition) is 0. The van der Waals surface area contributed by atoms with Crippen LogP contribution in [0.2, 0.25) is 10.0 Å². The van der Waals surface area contributed by atoms with Crippen molar-refractivity contribution >= 4 is 46.4 Å². The lowest BCUT2D eigenvalue weighted by atomic mass is 10.1. The summed E-state index contributed by atoms with van der Waals surface area (Å²) >= 11 is 11.7. The highest BCUT2D eigenvalue weighted by atomic mass is 35.5. The summed E-state index contributed by atoms with van der Waals surface area (Å²) in [6, 6.07) is 13.7. The molecule has 6 nitrogen and oxygen atoms in total. The number of rotatable bonds is 5. The van der Waals surface area contributed by atoms with E-state index in [1.807, 2.05) is 9.80 Å². The molecule has 0 N–H and O–H groups in total. The minimum absolute atomic E-state index is 0.176. The van der Waals surface area contributed by atoms with Crippen molar-refractivity contribution in [2.45, 2.75) is 11.8 Å². The van der Waals surface area contributed by atoms with Gasteiger partial charge in [-0.3, -0.25) is 9.59 Å². The van der Waals surface area contributed by atoms with E-state index < -0.39 is 23.7 Å². The standard InChI is InChI=1S/C24H24Cl2F4N4O2/c25-17-1-5-19(6-2-17)31-9-13-33(14-10-31)21(35)23(27,28)24(29,30)22(36)34-15-11-32(12-16-34)20-7-3-18(26)4-8-20/h1-8H,9-16H2. The fourth-order valence-corrected chi connectivity index (χ4v) is 4.56. The normalized spacial score (nSPS) is 17.4. The summed E-state index contributed by atoms with van der Waals surface area (Å²) in [5, 5.41) is 1.07. The second-order valence-electron chi connectivity index (χ2n) is 8.66. The van der Waals surface area contributed by atoms with Crippen LogP contribution in [-0.2, 0) is 9.59 Å². The van der Waals surface area contributed by atoms with E-state index >= 15 is 0 Å². The minimum atomic E-state index is -5.17. The summed E-state index contributed by atoms with van der Waals surface area (Å²) in [6.45, 7) is -0.0130. The van der Waals surface area contributed by atoms with Crippen LogP contribution in [0.3, 0.4) is 0 Å². The monoisotopic (exact) mass is 546 g/mol. The van der Waals surface area contributed by atoms with Crippen molar-refractivity contribution < 1.29 is 27.2 Å². The van der Waals surface area contributed by atoms with Gasteiger partial charge in [0.2, 0.25) is 0 Å². The SMILES string of the molecule is O=C(N1CCN(c2ccc(Cl)cc2)CC1)C(F)(F)C(F)(F)C(=O)N1CCN(c2ccc(Cl)cc2)CC1. The zero-order chi connectivity index (χ0) is 26.1. The molecule has 0 unspecified atom stereocenters. The van der Waals surface area contributed by atoms with E-state index in [2.05, 4.69) is 0 Å². The first-order valence-electron chi connectivity index (χ1n) is 11.4. The molecule has 36 heavy (non-hydrogen) atoms. The number of nitrogens with zero attached hydrogens (tertiary/aromatic N) is 4. The van der Waals surface area contributed by atoms with Crippen LogP contribution in [0.25, 0.3) is 0 Å². The van der Waals surface area contributed by atoms with E-state index in [1.54, 1.807) is 48.5 Å². The average Bonchev–Trinajstić information content (AvgIpc) is 2.89. The van der Waals surface area contributed by atoms with Crippen molar-refractivity contribution in [2.24, 2.45) is 0 Å². The van der Waals surface area contributed by atoms with Crippen molar-refractivity contribution in [3.8, 4) is 0 Å². The Hall–Kier alpha value is -2.72. The number of alkyl halides is 4. The number of anilines is 2. The molecule has 2 aliphatic heterocycles. The van der Waals surface area contributed by atoms with Gasteiger partial charge in [-0.1, -0.05) is 23.2 Å². The van der Waals surface area contributed by atoms with E-state index in [4.69, 9.17) is 23.2 Å². The van der Waals surface area contributed by atoms with E-state index in [9.17, 15) is 27.2 Å². The Morgan fingerprint density at radius 1 is 0.556 bits per heavy atom. The molecule has 0 spiro atoms. The molecule has 2 saturated heterocycles. The summed E-state index contributed by atoms with van der Waals surface area (Å²) in [5.74, 6) is -14.4. The predicted molar refractivity (Wildman–Crippen MR) is 130 cm³/mol. The molecule has 2 heterocycles. The fraction of sp³-hybridized carbons (Fsp3) is 0.417. The number of carbonyl (C=O) groups is 2.